The van der Waals surface area contributed by atoms with Gasteiger partial charge in [0, 0.05) is 0 Å². The van der Waals surface area contributed by atoms with Gasteiger partial charge in [0.05, 0.1) is 18.4 Å². The van der Waals surface area contributed by atoms with Crippen LogP contribution in [0.4, 0.5) is 5.69 Å². The van der Waals surface area contributed by atoms with Crippen LogP contribution in [0.5, 0.6) is 5.75 Å². The van der Waals surface area contributed by atoms with Gasteiger partial charge in [0.1, 0.15) is 12.4 Å². The molecule has 0 heterocycles. The second kappa shape index (κ2) is 6.31. The Kier molecular flexibility index (Phi) is 4.48. The van der Waals surface area contributed by atoms with Crippen LogP contribution >= 0.6 is 0 Å². The van der Waals surface area contributed by atoms with Gasteiger partial charge >= 0.3 is 5.97 Å². The highest BCUT2D eigenvalue weighted by atomic mass is 16.5. The number of anilines is 1. The Balaban J connectivity index is 2.13. The predicted octanol–water partition coefficient (Wildman–Crippen LogP) is 3.25. The molecule has 0 radical (unpaired) electrons. The van der Waals surface area contributed by atoms with E-state index in [0.717, 1.165) is 5.56 Å². The standard InChI is InChI=1S/C17H19NO3/c1-11-4-5-12(2)14(8-11)10-21-16-7-6-13(9-15(16)18)17(19)20-3/h4-9H,10,18H2,1-3H3. The summed E-state index contributed by atoms with van der Waals surface area (Å²) in [5.41, 5.74) is 10.2. The number of rotatable bonds is 4. The number of esters is 1. The minimum Gasteiger partial charge on any atom is -0.487 e. The van der Waals surface area contributed by atoms with E-state index in [2.05, 4.69) is 22.9 Å². The van der Waals surface area contributed by atoms with Gasteiger partial charge in [-0.05, 0) is 43.2 Å². The van der Waals surface area contributed by atoms with E-state index >= 15 is 0 Å². The molecule has 2 aromatic rings. The maximum Gasteiger partial charge on any atom is 0.337 e. The lowest BCUT2D eigenvalue weighted by Gasteiger charge is -2.12. The Hall–Kier alpha value is -2.49. The van der Waals surface area contributed by atoms with Crippen LogP contribution in [0.1, 0.15) is 27.0 Å². The van der Waals surface area contributed by atoms with Crippen LogP contribution in [0.25, 0.3) is 0 Å². The molecule has 0 fully saturated rings. The van der Waals surface area contributed by atoms with Crippen LogP contribution in [0.3, 0.4) is 0 Å². The summed E-state index contributed by atoms with van der Waals surface area (Å²) in [6.07, 6.45) is 0. The number of nitrogens with two attached hydrogens (primary N) is 1. The van der Waals surface area contributed by atoms with E-state index in [1.165, 1.54) is 18.2 Å². The fourth-order valence-corrected chi connectivity index (χ4v) is 2.04. The van der Waals surface area contributed by atoms with Crippen LogP contribution in [0.2, 0.25) is 0 Å². The lowest BCUT2D eigenvalue weighted by atomic mass is 10.1. The lowest BCUT2D eigenvalue weighted by molar-refractivity contribution is 0.0600. The number of benzene rings is 2. The van der Waals surface area contributed by atoms with Crippen LogP contribution in [-0.4, -0.2) is 13.1 Å². The maximum atomic E-state index is 11.4. The van der Waals surface area contributed by atoms with Gasteiger partial charge in [-0.2, -0.15) is 0 Å². The van der Waals surface area contributed by atoms with Gasteiger partial charge in [-0.25, -0.2) is 4.79 Å². The SMILES string of the molecule is COC(=O)c1ccc(OCc2cc(C)ccc2C)c(N)c1. The van der Waals surface area contributed by atoms with Crippen molar-refractivity contribution in [2.24, 2.45) is 0 Å². The van der Waals surface area contributed by atoms with E-state index < -0.39 is 5.97 Å². The molecule has 2 N–H and O–H groups in total. The summed E-state index contributed by atoms with van der Waals surface area (Å²) in [5, 5.41) is 0. The second-order valence-corrected chi connectivity index (χ2v) is 4.96. The minimum atomic E-state index is -0.414. The molecule has 0 atom stereocenters. The Bertz CT molecular complexity index is 665. The molecule has 2 aromatic carbocycles. The molecular formula is C17H19NO3. The van der Waals surface area contributed by atoms with Crippen LogP contribution in [0.15, 0.2) is 36.4 Å². The normalized spacial score (nSPS) is 10.2. The molecule has 4 heteroatoms. The summed E-state index contributed by atoms with van der Waals surface area (Å²) in [5.74, 6) is 0.145. The topological polar surface area (TPSA) is 61.5 Å². The van der Waals surface area contributed by atoms with Gasteiger partial charge in [0.15, 0.2) is 0 Å². The number of aryl methyl sites for hydroxylation is 2. The summed E-state index contributed by atoms with van der Waals surface area (Å²) in [6, 6.07) is 11.1. The maximum absolute atomic E-state index is 11.4. The van der Waals surface area contributed by atoms with E-state index in [4.69, 9.17) is 10.5 Å². The zero-order chi connectivity index (χ0) is 15.4. The van der Waals surface area contributed by atoms with Crippen molar-refractivity contribution < 1.29 is 14.3 Å². The van der Waals surface area contributed by atoms with Gasteiger partial charge < -0.3 is 15.2 Å². The molecular weight excluding hydrogens is 266 g/mol. The third-order valence-electron chi connectivity index (χ3n) is 3.32. The zero-order valence-electron chi connectivity index (χ0n) is 12.5. The quantitative estimate of drug-likeness (QED) is 0.692. The van der Waals surface area contributed by atoms with Gasteiger partial charge in [-0.1, -0.05) is 23.8 Å². The third-order valence-corrected chi connectivity index (χ3v) is 3.32. The average molecular weight is 285 g/mol. The van der Waals surface area contributed by atoms with E-state index in [-0.39, 0.29) is 0 Å². The Morgan fingerprint density at radius 3 is 2.57 bits per heavy atom. The van der Waals surface area contributed by atoms with Crippen molar-refractivity contribution in [1.82, 2.24) is 0 Å². The molecule has 0 unspecified atom stereocenters. The van der Waals surface area contributed by atoms with Crippen molar-refractivity contribution in [3.63, 3.8) is 0 Å². The van der Waals surface area contributed by atoms with Crippen molar-refractivity contribution in [1.29, 1.82) is 0 Å². The van der Waals surface area contributed by atoms with Crippen LogP contribution in [-0.2, 0) is 11.3 Å². The Morgan fingerprint density at radius 1 is 1.14 bits per heavy atom. The van der Waals surface area contributed by atoms with E-state index in [9.17, 15) is 4.79 Å². The van der Waals surface area contributed by atoms with Gasteiger partial charge in [0.2, 0.25) is 0 Å². The van der Waals surface area contributed by atoms with Crippen molar-refractivity contribution in [3.8, 4) is 5.75 Å². The number of carbonyl (C=O) groups is 1. The van der Waals surface area contributed by atoms with Crippen molar-refractivity contribution in [3.05, 3.63) is 58.7 Å². The monoisotopic (exact) mass is 285 g/mol. The van der Waals surface area contributed by atoms with Gasteiger partial charge in [0.25, 0.3) is 0 Å². The van der Waals surface area contributed by atoms with E-state index in [1.54, 1.807) is 18.2 Å². The molecule has 0 aliphatic rings. The first kappa shape index (κ1) is 14.9. The number of carbonyl (C=O) groups excluding carboxylic acids is 1. The van der Waals surface area contributed by atoms with E-state index in [0.29, 0.717) is 23.6 Å². The fourth-order valence-electron chi connectivity index (χ4n) is 2.04. The van der Waals surface area contributed by atoms with Crippen LogP contribution in [0, 0.1) is 13.8 Å². The Morgan fingerprint density at radius 2 is 1.90 bits per heavy atom. The predicted molar refractivity (Wildman–Crippen MR) is 82.4 cm³/mol. The number of nitrogen functional groups attached to an aromatic ring is 1. The molecule has 0 aromatic heterocycles. The number of hydrogen-bond acceptors (Lipinski definition) is 4. The van der Waals surface area contributed by atoms with Gasteiger partial charge in [-0.15, -0.1) is 0 Å². The third kappa shape index (κ3) is 3.54. The summed E-state index contributed by atoms with van der Waals surface area (Å²) in [4.78, 5) is 11.4. The molecule has 2 rings (SSSR count). The molecule has 0 bridgehead atoms. The molecule has 21 heavy (non-hydrogen) atoms. The number of ether oxygens (including phenoxy) is 2. The highest BCUT2D eigenvalue weighted by molar-refractivity contribution is 5.90. The first-order chi connectivity index (χ1) is 10.0. The van der Waals surface area contributed by atoms with Crippen LogP contribution < -0.4 is 10.5 Å². The molecule has 0 aliphatic carbocycles. The summed E-state index contributed by atoms with van der Waals surface area (Å²) in [7, 11) is 1.34. The summed E-state index contributed by atoms with van der Waals surface area (Å²) in [6.45, 7) is 4.53. The summed E-state index contributed by atoms with van der Waals surface area (Å²) >= 11 is 0. The zero-order valence-corrected chi connectivity index (χ0v) is 12.5. The fraction of sp³-hybridized carbons (Fsp3) is 0.235. The lowest BCUT2D eigenvalue weighted by Crippen LogP contribution is -2.04. The number of methoxy groups -OCH3 is 1. The van der Waals surface area contributed by atoms with E-state index in [1.807, 2.05) is 13.8 Å². The average Bonchev–Trinajstić information content (AvgIpc) is 2.48. The first-order valence-corrected chi connectivity index (χ1v) is 6.68. The molecule has 0 spiro atoms. The largest absolute Gasteiger partial charge is 0.487 e. The first-order valence-electron chi connectivity index (χ1n) is 6.68. The Labute approximate surface area is 124 Å². The second-order valence-electron chi connectivity index (χ2n) is 4.96. The van der Waals surface area contributed by atoms with Crippen molar-refractivity contribution in [2.45, 2.75) is 20.5 Å². The molecule has 0 aliphatic heterocycles. The minimum absolute atomic E-state index is 0.411. The molecule has 0 saturated heterocycles. The summed E-state index contributed by atoms with van der Waals surface area (Å²) < 4.78 is 10.4. The smallest absolute Gasteiger partial charge is 0.337 e. The number of hydrogen-bond donors (Lipinski definition) is 1. The molecule has 4 nitrogen and oxygen atoms in total. The van der Waals surface area contributed by atoms with Crippen molar-refractivity contribution >= 4 is 11.7 Å². The molecule has 0 saturated carbocycles. The van der Waals surface area contributed by atoms with Gasteiger partial charge in [-0.3, -0.25) is 0 Å². The highest BCUT2D eigenvalue weighted by Crippen LogP contribution is 2.24. The molecule has 0 amide bonds. The van der Waals surface area contributed by atoms with Crippen molar-refractivity contribution in [2.75, 3.05) is 12.8 Å². The molecule has 110 valence electrons. The highest BCUT2D eigenvalue weighted by Gasteiger charge is 2.09.